The van der Waals surface area contributed by atoms with Crippen LogP contribution in [0.25, 0.3) is 0 Å². The Labute approximate surface area is 161 Å². The maximum absolute atomic E-state index is 12.8. The van der Waals surface area contributed by atoms with E-state index in [1.54, 1.807) is 19.2 Å². The Morgan fingerprint density at radius 3 is 2.24 bits per heavy atom. The molecule has 0 aromatic heterocycles. The van der Waals surface area contributed by atoms with Gasteiger partial charge in [-0.05, 0) is 42.5 Å². The fourth-order valence-corrected chi connectivity index (χ4v) is 5.24. The summed E-state index contributed by atoms with van der Waals surface area (Å²) >= 11 is 9.42. The van der Waals surface area contributed by atoms with Crippen LogP contribution in [0.2, 0.25) is 5.02 Å². The van der Waals surface area contributed by atoms with Gasteiger partial charge < -0.3 is 9.64 Å². The lowest BCUT2D eigenvalue weighted by molar-refractivity contribution is 0.384. The third-order valence-corrected chi connectivity index (χ3v) is 7.06. The number of rotatable bonds is 4. The highest BCUT2D eigenvalue weighted by Gasteiger charge is 2.30. The fourth-order valence-electron chi connectivity index (χ4n) is 2.80. The van der Waals surface area contributed by atoms with Crippen molar-refractivity contribution in [3.05, 3.63) is 52.0 Å². The van der Waals surface area contributed by atoms with E-state index >= 15 is 0 Å². The molecule has 1 aliphatic heterocycles. The number of ether oxygens (including phenoxy) is 1. The van der Waals surface area contributed by atoms with Crippen LogP contribution in [0.5, 0.6) is 5.75 Å². The molecule has 1 saturated heterocycles. The molecule has 0 saturated carbocycles. The second kappa shape index (κ2) is 7.53. The molecular weight excluding hydrogens is 428 g/mol. The predicted octanol–water partition coefficient (Wildman–Crippen LogP) is 3.62. The van der Waals surface area contributed by atoms with Crippen molar-refractivity contribution < 1.29 is 13.2 Å². The minimum atomic E-state index is -3.59. The van der Waals surface area contributed by atoms with Crippen molar-refractivity contribution in [3.8, 4) is 5.75 Å². The van der Waals surface area contributed by atoms with Gasteiger partial charge in [-0.15, -0.1) is 0 Å². The van der Waals surface area contributed by atoms with Crippen molar-refractivity contribution in [1.82, 2.24) is 4.31 Å². The summed E-state index contributed by atoms with van der Waals surface area (Å²) in [6.07, 6.45) is 0. The van der Waals surface area contributed by atoms with Crippen LogP contribution >= 0.6 is 27.5 Å². The summed E-state index contributed by atoms with van der Waals surface area (Å²) < 4.78 is 33.1. The average Bonchev–Trinajstić information content (AvgIpc) is 2.61. The van der Waals surface area contributed by atoms with Gasteiger partial charge in [-0.25, -0.2) is 8.42 Å². The molecule has 8 heteroatoms. The molecule has 0 aliphatic carbocycles. The van der Waals surface area contributed by atoms with Crippen LogP contribution in [-0.2, 0) is 10.0 Å². The standard InChI is InChI=1S/C17H18BrClN2O3S/c1-24-15-5-3-14(4-6-15)20-8-10-21(11-9-20)25(22,23)17-7-2-13(18)12-16(17)19/h2-7,12H,8-11H2,1H3. The summed E-state index contributed by atoms with van der Waals surface area (Å²) in [5.41, 5.74) is 1.06. The first-order valence-electron chi connectivity index (χ1n) is 7.76. The molecule has 2 aromatic rings. The summed E-state index contributed by atoms with van der Waals surface area (Å²) in [7, 11) is -1.96. The van der Waals surface area contributed by atoms with Gasteiger partial charge >= 0.3 is 0 Å². The molecule has 134 valence electrons. The van der Waals surface area contributed by atoms with Gasteiger partial charge in [0.25, 0.3) is 0 Å². The Balaban J connectivity index is 1.72. The van der Waals surface area contributed by atoms with E-state index in [0.29, 0.717) is 26.2 Å². The molecule has 1 fully saturated rings. The molecule has 1 heterocycles. The Hall–Kier alpha value is -1.28. The second-order valence-corrected chi connectivity index (χ2v) is 8.89. The van der Waals surface area contributed by atoms with Crippen molar-refractivity contribution in [1.29, 1.82) is 0 Å². The monoisotopic (exact) mass is 444 g/mol. The summed E-state index contributed by atoms with van der Waals surface area (Å²) in [5, 5.41) is 0.229. The van der Waals surface area contributed by atoms with Crippen molar-refractivity contribution >= 4 is 43.2 Å². The molecule has 2 aromatic carbocycles. The third kappa shape index (κ3) is 3.95. The molecule has 0 amide bonds. The van der Waals surface area contributed by atoms with Crippen LogP contribution in [0.1, 0.15) is 0 Å². The molecule has 1 aliphatic rings. The van der Waals surface area contributed by atoms with Crippen LogP contribution in [0.3, 0.4) is 0 Å². The smallest absolute Gasteiger partial charge is 0.244 e. The SMILES string of the molecule is COc1ccc(N2CCN(S(=O)(=O)c3ccc(Br)cc3Cl)CC2)cc1. The van der Waals surface area contributed by atoms with Crippen LogP contribution < -0.4 is 9.64 Å². The van der Waals surface area contributed by atoms with E-state index in [1.807, 2.05) is 24.3 Å². The van der Waals surface area contributed by atoms with Gasteiger partial charge in [0.1, 0.15) is 10.6 Å². The van der Waals surface area contributed by atoms with E-state index in [2.05, 4.69) is 20.8 Å². The number of hydrogen-bond acceptors (Lipinski definition) is 4. The van der Waals surface area contributed by atoms with E-state index in [1.165, 1.54) is 10.4 Å². The van der Waals surface area contributed by atoms with Crippen molar-refractivity contribution in [2.75, 3.05) is 38.2 Å². The van der Waals surface area contributed by atoms with E-state index in [4.69, 9.17) is 16.3 Å². The summed E-state index contributed by atoms with van der Waals surface area (Å²) in [4.78, 5) is 2.31. The van der Waals surface area contributed by atoms with E-state index in [0.717, 1.165) is 15.9 Å². The zero-order valence-electron chi connectivity index (χ0n) is 13.7. The van der Waals surface area contributed by atoms with Gasteiger partial charge in [-0.1, -0.05) is 27.5 Å². The Morgan fingerprint density at radius 1 is 1.04 bits per heavy atom. The molecule has 0 atom stereocenters. The van der Waals surface area contributed by atoms with Crippen molar-refractivity contribution in [3.63, 3.8) is 0 Å². The molecule has 5 nitrogen and oxygen atoms in total. The van der Waals surface area contributed by atoms with Crippen LogP contribution in [-0.4, -0.2) is 46.0 Å². The average molecular weight is 446 g/mol. The lowest BCUT2D eigenvalue weighted by atomic mass is 10.2. The lowest BCUT2D eigenvalue weighted by Crippen LogP contribution is -2.48. The first kappa shape index (κ1) is 18.5. The number of piperazine rings is 1. The maximum atomic E-state index is 12.8. The molecule has 0 bridgehead atoms. The molecular formula is C17H18BrClN2O3S. The van der Waals surface area contributed by atoms with Crippen LogP contribution in [0.4, 0.5) is 5.69 Å². The molecule has 3 rings (SSSR count). The van der Waals surface area contributed by atoms with Crippen LogP contribution in [0.15, 0.2) is 51.8 Å². The van der Waals surface area contributed by atoms with E-state index in [9.17, 15) is 8.42 Å². The van der Waals surface area contributed by atoms with Crippen LogP contribution in [0, 0.1) is 0 Å². The number of methoxy groups -OCH3 is 1. The summed E-state index contributed by atoms with van der Waals surface area (Å²) in [6, 6.07) is 12.6. The fraction of sp³-hybridized carbons (Fsp3) is 0.294. The minimum Gasteiger partial charge on any atom is -0.497 e. The topological polar surface area (TPSA) is 49.9 Å². The van der Waals surface area contributed by atoms with Gasteiger partial charge in [-0.3, -0.25) is 0 Å². The third-order valence-electron chi connectivity index (χ3n) is 4.19. The van der Waals surface area contributed by atoms with Crippen molar-refractivity contribution in [2.45, 2.75) is 4.90 Å². The van der Waals surface area contributed by atoms with Gasteiger partial charge in [-0.2, -0.15) is 4.31 Å². The second-order valence-electron chi connectivity index (χ2n) is 5.66. The highest BCUT2D eigenvalue weighted by atomic mass is 79.9. The normalized spacial score (nSPS) is 16.0. The van der Waals surface area contributed by atoms with Gasteiger partial charge in [0, 0.05) is 36.3 Å². The molecule has 0 N–H and O–H groups in total. The first-order chi connectivity index (χ1) is 11.9. The first-order valence-corrected chi connectivity index (χ1v) is 10.4. The Bertz CT molecular complexity index is 851. The van der Waals surface area contributed by atoms with Crippen molar-refractivity contribution in [2.24, 2.45) is 0 Å². The molecule has 0 unspecified atom stereocenters. The number of halogens is 2. The molecule has 25 heavy (non-hydrogen) atoms. The van der Waals surface area contributed by atoms with Gasteiger partial charge in [0.05, 0.1) is 12.1 Å². The number of benzene rings is 2. The number of sulfonamides is 1. The Morgan fingerprint density at radius 2 is 1.68 bits per heavy atom. The number of anilines is 1. The maximum Gasteiger partial charge on any atom is 0.244 e. The molecule has 0 radical (unpaired) electrons. The van der Waals surface area contributed by atoms with E-state index < -0.39 is 10.0 Å². The number of nitrogens with zero attached hydrogens (tertiary/aromatic N) is 2. The summed E-state index contributed by atoms with van der Waals surface area (Å²) in [6.45, 7) is 2.08. The lowest BCUT2D eigenvalue weighted by Gasteiger charge is -2.35. The highest BCUT2D eigenvalue weighted by molar-refractivity contribution is 9.10. The van der Waals surface area contributed by atoms with Gasteiger partial charge in [0.2, 0.25) is 10.0 Å². The summed E-state index contributed by atoms with van der Waals surface area (Å²) in [5.74, 6) is 0.801. The minimum absolute atomic E-state index is 0.148. The van der Waals surface area contributed by atoms with E-state index in [-0.39, 0.29) is 9.92 Å². The molecule has 0 spiro atoms. The van der Waals surface area contributed by atoms with Gasteiger partial charge in [0.15, 0.2) is 0 Å². The quantitative estimate of drug-likeness (QED) is 0.721. The number of hydrogen-bond donors (Lipinski definition) is 0. The largest absolute Gasteiger partial charge is 0.497 e. The Kier molecular flexibility index (Phi) is 5.58. The zero-order chi connectivity index (χ0) is 18.0. The predicted molar refractivity (Wildman–Crippen MR) is 103 cm³/mol. The highest BCUT2D eigenvalue weighted by Crippen LogP contribution is 2.29. The zero-order valence-corrected chi connectivity index (χ0v) is 16.8.